The number of nitrogens with one attached hydrogen (secondary N) is 2. The van der Waals surface area contributed by atoms with E-state index in [2.05, 4.69) is 15.0 Å². The summed E-state index contributed by atoms with van der Waals surface area (Å²) in [4.78, 5) is 4.57. The van der Waals surface area contributed by atoms with Gasteiger partial charge in [0.05, 0.1) is 17.6 Å². The fraction of sp³-hybridized carbons (Fsp3) is 0.118. The fourth-order valence-corrected chi connectivity index (χ4v) is 3.56. The van der Waals surface area contributed by atoms with E-state index in [1.54, 1.807) is 12.1 Å². The maximum atomic E-state index is 11.4. The van der Waals surface area contributed by atoms with Crippen molar-refractivity contribution in [2.45, 2.75) is 6.54 Å². The van der Waals surface area contributed by atoms with Crippen molar-refractivity contribution < 1.29 is 8.42 Å². The van der Waals surface area contributed by atoms with Crippen LogP contribution >= 0.6 is 11.3 Å². The van der Waals surface area contributed by atoms with Crippen molar-refractivity contribution in [3.63, 3.8) is 0 Å². The molecule has 0 unspecified atom stereocenters. The molecule has 0 atom stereocenters. The van der Waals surface area contributed by atoms with Crippen molar-refractivity contribution in [2.75, 3.05) is 16.3 Å². The summed E-state index contributed by atoms with van der Waals surface area (Å²) in [7, 11) is -3.31. The average molecular weight is 359 g/mol. The minimum Gasteiger partial charge on any atom is -0.357 e. The second kappa shape index (κ2) is 7.02. The Labute approximate surface area is 145 Å². The van der Waals surface area contributed by atoms with Crippen molar-refractivity contribution in [3.8, 4) is 11.3 Å². The zero-order valence-corrected chi connectivity index (χ0v) is 14.7. The molecule has 2 N–H and O–H groups in total. The maximum absolute atomic E-state index is 11.4. The van der Waals surface area contributed by atoms with E-state index in [1.807, 2.05) is 47.8 Å². The van der Waals surface area contributed by atoms with Crippen molar-refractivity contribution in [3.05, 3.63) is 65.5 Å². The summed E-state index contributed by atoms with van der Waals surface area (Å²) in [6, 6.07) is 17.3. The molecule has 5 nitrogen and oxygen atoms in total. The second-order valence-corrected chi connectivity index (χ2v) is 7.90. The van der Waals surface area contributed by atoms with Crippen LogP contribution in [-0.2, 0) is 16.6 Å². The third-order valence-corrected chi connectivity index (χ3v) is 4.71. The lowest BCUT2D eigenvalue weighted by Crippen LogP contribution is -2.12. The predicted molar refractivity (Wildman–Crippen MR) is 99.8 cm³/mol. The van der Waals surface area contributed by atoms with Gasteiger partial charge in [0, 0.05) is 17.5 Å². The number of rotatable bonds is 6. The molecule has 3 rings (SSSR count). The summed E-state index contributed by atoms with van der Waals surface area (Å²) in [6.07, 6.45) is 1.14. The number of para-hydroxylation sites is 1. The van der Waals surface area contributed by atoms with Gasteiger partial charge in [-0.25, -0.2) is 13.4 Å². The number of nitrogens with zero attached hydrogens (tertiary/aromatic N) is 1. The molecule has 124 valence electrons. The van der Waals surface area contributed by atoms with Gasteiger partial charge in [-0.05, 0) is 11.6 Å². The Morgan fingerprint density at radius 2 is 1.75 bits per heavy atom. The van der Waals surface area contributed by atoms with Crippen LogP contribution in [0.25, 0.3) is 11.3 Å². The average Bonchev–Trinajstić information content (AvgIpc) is 3.02. The number of benzene rings is 2. The lowest BCUT2D eigenvalue weighted by molar-refractivity contribution is 0.606. The summed E-state index contributed by atoms with van der Waals surface area (Å²) in [5.41, 5.74) is 3.43. The molecule has 1 aromatic heterocycles. The largest absolute Gasteiger partial charge is 0.357 e. The highest BCUT2D eigenvalue weighted by molar-refractivity contribution is 7.92. The van der Waals surface area contributed by atoms with Crippen LogP contribution < -0.4 is 10.0 Å². The Balaban J connectivity index is 1.72. The maximum Gasteiger partial charge on any atom is 0.229 e. The van der Waals surface area contributed by atoms with E-state index >= 15 is 0 Å². The van der Waals surface area contributed by atoms with E-state index in [-0.39, 0.29) is 0 Å². The molecular weight excluding hydrogens is 342 g/mol. The third-order valence-electron chi connectivity index (χ3n) is 3.32. The Morgan fingerprint density at radius 1 is 1.04 bits per heavy atom. The fourth-order valence-electron chi connectivity index (χ4n) is 2.24. The lowest BCUT2D eigenvalue weighted by Gasteiger charge is -2.10. The predicted octanol–water partition coefficient (Wildman–Crippen LogP) is 3.79. The Kier molecular flexibility index (Phi) is 4.82. The molecule has 2 aromatic carbocycles. The molecule has 0 aliphatic carbocycles. The highest BCUT2D eigenvalue weighted by Crippen LogP contribution is 2.25. The van der Waals surface area contributed by atoms with Gasteiger partial charge in [-0.1, -0.05) is 48.5 Å². The monoisotopic (exact) mass is 359 g/mol. The molecular formula is C17H17N3O2S2. The summed E-state index contributed by atoms with van der Waals surface area (Å²) in [5.74, 6) is 0. The van der Waals surface area contributed by atoms with Crippen molar-refractivity contribution in [1.82, 2.24) is 4.98 Å². The van der Waals surface area contributed by atoms with Crippen molar-refractivity contribution >= 4 is 32.2 Å². The molecule has 0 radical (unpaired) electrons. The van der Waals surface area contributed by atoms with Gasteiger partial charge in [-0.2, -0.15) is 0 Å². The summed E-state index contributed by atoms with van der Waals surface area (Å²) < 4.78 is 25.4. The zero-order chi connectivity index (χ0) is 17.0. The molecule has 3 aromatic rings. The van der Waals surface area contributed by atoms with E-state index in [4.69, 9.17) is 0 Å². The van der Waals surface area contributed by atoms with Crippen LogP contribution in [0.2, 0.25) is 0 Å². The molecule has 0 spiro atoms. The first-order valence-electron chi connectivity index (χ1n) is 7.32. The summed E-state index contributed by atoms with van der Waals surface area (Å²) in [5, 5.41) is 6.04. The van der Waals surface area contributed by atoms with Gasteiger partial charge >= 0.3 is 0 Å². The summed E-state index contributed by atoms with van der Waals surface area (Å²) in [6.45, 7) is 0.487. The van der Waals surface area contributed by atoms with Crippen molar-refractivity contribution in [1.29, 1.82) is 0 Å². The first-order chi connectivity index (χ1) is 11.5. The molecule has 0 aliphatic rings. The molecule has 0 fully saturated rings. The van der Waals surface area contributed by atoms with Crippen LogP contribution in [0.3, 0.4) is 0 Å². The van der Waals surface area contributed by atoms with Gasteiger partial charge in [0.15, 0.2) is 5.13 Å². The third kappa shape index (κ3) is 4.33. The van der Waals surface area contributed by atoms with Crippen LogP contribution in [0.5, 0.6) is 0 Å². The molecule has 1 heterocycles. The normalized spacial score (nSPS) is 11.2. The standard InChI is InChI=1S/C17H17N3O2S2/c1-24(21,22)20-15-10-6-5-9-14(15)11-18-17-19-16(12-23-17)13-7-3-2-4-8-13/h2-10,12,20H,11H2,1H3,(H,18,19). The number of anilines is 2. The van der Waals surface area contributed by atoms with Gasteiger partial charge in [-0.3, -0.25) is 4.72 Å². The Hall–Kier alpha value is -2.38. The van der Waals surface area contributed by atoms with E-state index in [9.17, 15) is 8.42 Å². The first kappa shape index (κ1) is 16.5. The number of aromatic nitrogens is 1. The molecule has 0 saturated heterocycles. The summed E-state index contributed by atoms with van der Waals surface area (Å²) >= 11 is 1.52. The molecule has 0 bridgehead atoms. The van der Waals surface area contributed by atoms with E-state index < -0.39 is 10.0 Å². The molecule has 24 heavy (non-hydrogen) atoms. The number of hydrogen-bond donors (Lipinski definition) is 2. The molecule has 0 amide bonds. The second-order valence-electron chi connectivity index (χ2n) is 5.29. The van der Waals surface area contributed by atoms with Gasteiger partial charge < -0.3 is 5.32 Å². The zero-order valence-electron chi connectivity index (χ0n) is 13.1. The van der Waals surface area contributed by atoms with Crippen LogP contribution in [-0.4, -0.2) is 19.7 Å². The van der Waals surface area contributed by atoms with E-state index in [1.165, 1.54) is 11.3 Å². The highest BCUT2D eigenvalue weighted by Gasteiger charge is 2.08. The Morgan fingerprint density at radius 3 is 2.50 bits per heavy atom. The van der Waals surface area contributed by atoms with Crippen molar-refractivity contribution in [2.24, 2.45) is 0 Å². The smallest absolute Gasteiger partial charge is 0.229 e. The minimum atomic E-state index is -3.31. The molecule has 7 heteroatoms. The number of sulfonamides is 1. The minimum absolute atomic E-state index is 0.487. The Bertz CT molecular complexity index is 922. The topological polar surface area (TPSA) is 71.1 Å². The first-order valence-corrected chi connectivity index (χ1v) is 10.1. The highest BCUT2D eigenvalue weighted by atomic mass is 32.2. The van der Waals surface area contributed by atoms with Gasteiger partial charge in [0.2, 0.25) is 10.0 Å². The molecule has 0 aliphatic heterocycles. The van der Waals surface area contributed by atoms with Gasteiger partial charge in [0.25, 0.3) is 0 Å². The molecule has 0 saturated carbocycles. The van der Waals surface area contributed by atoms with Crippen LogP contribution in [0.4, 0.5) is 10.8 Å². The van der Waals surface area contributed by atoms with E-state index in [0.717, 1.165) is 28.2 Å². The number of thiazole rings is 1. The van der Waals surface area contributed by atoms with Crippen LogP contribution in [0.15, 0.2) is 60.0 Å². The lowest BCUT2D eigenvalue weighted by atomic mass is 10.2. The quantitative estimate of drug-likeness (QED) is 0.702. The van der Waals surface area contributed by atoms with Gasteiger partial charge in [-0.15, -0.1) is 11.3 Å². The van der Waals surface area contributed by atoms with Crippen LogP contribution in [0.1, 0.15) is 5.56 Å². The number of hydrogen-bond acceptors (Lipinski definition) is 5. The van der Waals surface area contributed by atoms with Gasteiger partial charge in [0.1, 0.15) is 0 Å². The van der Waals surface area contributed by atoms with Crippen LogP contribution in [0, 0.1) is 0 Å². The SMILES string of the molecule is CS(=O)(=O)Nc1ccccc1CNc1nc(-c2ccccc2)cs1. The van der Waals surface area contributed by atoms with E-state index in [0.29, 0.717) is 12.2 Å².